The van der Waals surface area contributed by atoms with Crippen LogP contribution < -0.4 is 10.2 Å². The van der Waals surface area contributed by atoms with Crippen molar-refractivity contribution in [1.82, 2.24) is 15.1 Å². The number of aromatic nitrogens is 2. The van der Waals surface area contributed by atoms with Crippen LogP contribution in [0.3, 0.4) is 0 Å². The van der Waals surface area contributed by atoms with Crippen molar-refractivity contribution < 1.29 is 5.11 Å². The molecule has 0 fully saturated rings. The molecule has 1 unspecified atom stereocenters. The Morgan fingerprint density at radius 1 is 1.26 bits per heavy atom. The highest BCUT2D eigenvalue weighted by Gasteiger charge is 2.15. The lowest BCUT2D eigenvalue weighted by atomic mass is 10.00. The lowest BCUT2D eigenvalue weighted by Gasteiger charge is -2.18. The third-order valence-corrected chi connectivity index (χ3v) is 4.10. The Hall–Kier alpha value is -1.85. The summed E-state index contributed by atoms with van der Waals surface area (Å²) in [6, 6.07) is 10.3. The summed E-state index contributed by atoms with van der Waals surface area (Å²) < 4.78 is 1.92. The summed E-state index contributed by atoms with van der Waals surface area (Å²) in [5, 5.41) is 17.6. The molecule has 1 aromatic heterocycles. The van der Waals surface area contributed by atoms with Crippen LogP contribution in [0, 0.1) is 12.8 Å². The normalized spacial score (nSPS) is 12.4. The van der Waals surface area contributed by atoms with Gasteiger partial charge in [-0.1, -0.05) is 30.3 Å². The Bertz CT molecular complexity index is 607. The number of benzene rings is 1. The number of rotatable bonds is 8. The van der Waals surface area contributed by atoms with Crippen LogP contribution in [0.2, 0.25) is 0 Å². The molecule has 0 radical (unpaired) electrons. The molecule has 5 heteroatoms. The summed E-state index contributed by atoms with van der Waals surface area (Å²) in [5.41, 5.74) is 3.53. The highest BCUT2D eigenvalue weighted by molar-refractivity contribution is 5.48. The van der Waals surface area contributed by atoms with Crippen molar-refractivity contribution in [3.05, 3.63) is 47.2 Å². The van der Waals surface area contributed by atoms with Crippen molar-refractivity contribution in [3.8, 4) is 0 Å². The van der Waals surface area contributed by atoms with Crippen LogP contribution in [-0.4, -0.2) is 42.1 Å². The van der Waals surface area contributed by atoms with Gasteiger partial charge in [-0.05, 0) is 24.8 Å². The molecule has 0 aliphatic carbocycles. The van der Waals surface area contributed by atoms with Crippen LogP contribution in [0.5, 0.6) is 0 Å². The monoisotopic (exact) mass is 316 g/mol. The molecule has 2 aromatic rings. The number of nitrogens with one attached hydrogen (secondary N) is 1. The van der Waals surface area contributed by atoms with Crippen molar-refractivity contribution in [2.45, 2.75) is 19.9 Å². The Labute approximate surface area is 138 Å². The van der Waals surface area contributed by atoms with E-state index in [9.17, 15) is 5.11 Å². The van der Waals surface area contributed by atoms with E-state index in [1.807, 2.05) is 50.9 Å². The molecule has 0 amide bonds. The van der Waals surface area contributed by atoms with Crippen molar-refractivity contribution in [2.75, 3.05) is 32.1 Å². The topological polar surface area (TPSA) is 53.3 Å². The Balaban J connectivity index is 1.93. The molecule has 0 saturated carbocycles. The van der Waals surface area contributed by atoms with Gasteiger partial charge in [0.15, 0.2) is 0 Å². The zero-order valence-electron chi connectivity index (χ0n) is 14.6. The molecule has 2 N–H and O–H groups in total. The van der Waals surface area contributed by atoms with Gasteiger partial charge in [-0.15, -0.1) is 0 Å². The third kappa shape index (κ3) is 4.56. The number of aryl methyl sites for hydroxylation is 2. The molecule has 1 aromatic carbocycles. The maximum absolute atomic E-state index is 9.62. The van der Waals surface area contributed by atoms with E-state index < -0.39 is 0 Å². The number of nitrogens with zero attached hydrogens (tertiary/aromatic N) is 3. The Morgan fingerprint density at radius 2 is 1.96 bits per heavy atom. The second-order valence-corrected chi connectivity index (χ2v) is 6.27. The van der Waals surface area contributed by atoms with Gasteiger partial charge in [0.1, 0.15) is 5.82 Å². The first-order valence-electron chi connectivity index (χ1n) is 8.08. The summed E-state index contributed by atoms with van der Waals surface area (Å²) in [4.78, 5) is 2.09. The van der Waals surface area contributed by atoms with Gasteiger partial charge in [0, 0.05) is 46.4 Å². The standard InChI is InChI=1S/C18H28N4O/c1-14-17(18(21(2)3)22(4)20-14)12-19-11-16(13-23)10-15-8-6-5-7-9-15/h5-9,16,19,23H,10-13H2,1-4H3. The van der Waals surface area contributed by atoms with Crippen LogP contribution in [-0.2, 0) is 20.0 Å². The van der Waals surface area contributed by atoms with Crippen molar-refractivity contribution in [3.63, 3.8) is 0 Å². The summed E-state index contributed by atoms with van der Waals surface area (Å²) in [5.74, 6) is 1.34. The minimum Gasteiger partial charge on any atom is -0.396 e. The van der Waals surface area contributed by atoms with Gasteiger partial charge in [0.05, 0.1) is 5.69 Å². The first-order valence-corrected chi connectivity index (χ1v) is 8.08. The summed E-state index contributed by atoms with van der Waals surface area (Å²) in [7, 11) is 6.04. The fourth-order valence-corrected chi connectivity index (χ4v) is 3.01. The van der Waals surface area contributed by atoms with Crippen LogP contribution in [0.4, 0.5) is 5.82 Å². The molecule has 0 saturated heterocycles. The van der Waals surface area contributed by atoms with Crippen LogP contribution in [0.25, 0.3) is 0 Å². The largest absolute Gasteiger partial charge is 0.396 e. The smallest absolute Gasteiger partial charge is 0.130 e. The SMILES string of the molecule is Cc1nn(C)c(N(C)C)c1CNCC(CO)Cc1ccccc1. The first-order chi connectivity index (χ1) is 11.0. The van der Waals surface area contributed by atoms with Gasteiger partial charge in [-0.25, -0.2) is 0 Å². The lowest BCUT2D eigenvalue weighted by Crippen LogP contribution is -2.27. The number of anilines is 1. The number of aliphatic hydroxyl groups excluding tert-OH is 1. The van der Waals surface area contributed by atoms with Gasteiger partial charge in [0.2, 0.25) is 0 Å². The molecule has 1 heterocycles. The second-order valence-electron chi connectivity index (χ2n) is 6.27. The van der Waals surface area contributed by atoms with Gasteiger partial charge in [-0.2, -0.15) is 5.10 Å². The molecule has 1 atom stereocenters. The average molecular weight is 316 g/mol. The van der Waals surface area contributed by atoms with E-state index in [1.54, 1.807) is 0 Å². The average Bonchev–Trinajstić information content (AvgIpc) is 2.81. The molecule has 2 rings (SSSR count). The number of aliphatic hydroxyl groups is 1. The molecule has 0 aliphatic rings. The van der Waals surface area contributed by atoms with Gasteiger partial charge >= 0.3 is 0 Å². The summed E-state index contributed by atoms with van der Waals surface area (Å²) in [6.07, 6.45) is 0.886. The summed E-state index contributed by atoms with van der Waals surface area (Å²) in [6.45, 7) is 3.77. The van der Waals surface area contributed by atoms with E-state index >= 15 is 0 Å². The predicted octanol–water partition coefficient (Wildman–Crippen LogP) is 1.74. The fraction of sp³-hybridized carbons (Fsp3) is 0.500. The maximum atomic E-state index is 9.62. The molecular formula is C18H28N4O. The Morgan fingerprint density at radius 3 is 2.57 bits per heavy atom. The Kier molecular flexibility index (Phi) is 6.19. The minimum absolute atomic E-state index is 0.189. The van der Waals surface area contributed by atoms with Gasteiger partial charge in [0.25, 0.3) is 0 Å². The van der Waals surface area contributed by atoms with Crippen molar-refractivity contribution >= 4 is 5.82 Å². The van der Waals surface area contributed by atoms with Gasteiger partial charge < -0.3 is 15.3 Å². The van der Waals surface area contributed by atoms with E-state index in [0.717, 1.165) is 31.0 Å². The highest BCUT2D eigenvalue weighted by Crippen LogP contribution is 2.21. The molecule has 126 valence electrons. The zero-order valence-corrected chi connectivity index (χ0v) is 14.6. The molecular weight excluding hydrogens is 288 g/mol. The van der Waals surface area contributed by atoms with E-state index in [4.69, 9.17) is 0 Å². The van der Waals surface area contributed by atoms with Crippen molar-refractivity contribution in [2.24, 2.45) is 13.0 Å². The molecule has 5 nitrogen and oxygen atoms in total. The lowest BCUT2D eigenvalue weighted by molar-refractivity contribution is 0.221. The van der Waals surface area contributed by atoms with E-state index in [2.05, 4.69) is 27.4 Å². The van der Waals surface area contributed by atoms with E-state index in [-0.39, 0.29) is 12.5 Å². The maximum Gasteiger partial charge on any atom is 0.130 e. The molecule has 0 spiro atoms. The van der Waals surface area contributed by atoms with E-state index in [0.29, 0.717) is 0 Å². The quantitative estimate of drug-likeness (QED) is 0.779. The molecule has 0 bridgehead atoms. The third-order valence-electron chi connectivity index (χ3n) is 4.10. The van der Waals surface area contributed by atoms with Crippen molar-refractivity contribution in [1.29, 1.82) is 0 Å². The molecule has 23 heavy (non-hydrogen) atoms. The zero-order chi connectivity index (χ0) is 16.8. The van der Waals surface area contributed by atoms with Crippen LogP contribution >= 0.6 is 0 Å². The van der Waals surface area contributed by atoms with E-state index in [1.165, 1.54) is 11.1 Å². The highest BCUT2D eigenvalue weighted by atomic mass is 16.3. The predicted molar refractivity (Wildman–Crippen MR) is 94.7 cm³/mol. The minimum atomic E-state index is 0.189. The van der Waals surface area contributed by atoms with Gasteiger partial charge in [-0.3, -0.25) is 4.68 Å². The first kappa shape index (κ1) is 17.5. The number of hydrogen-bond acceptors (Lipinski definition) is 4. The number of hydrogen-bond donors (Lipinski definition) is 2. The summed E-state index contributed by atoms with van der Waals surface area (Å²) >= 11 is 0. The second kappa shape index (κ2) is 8.13. The fourth-order valence-electron chi connectivity index (χ4n) is 3.01. The van der Waals surface area contributed by atoms with Crippen LogP contribution in [0.15, 0.2) is 30.3 Å². The van der Waals surface area contributed by atoms with Crippen LogP contribution in [0.1, 0.15) is 16.8 Å². The molecule has 0 aliphatic heterocycles.